The third-order valence-corrected chi connectivity index (χ3v) is 3.82. The van der Waals surface area contributed by atoms with Gasteiger partial charge in [0.2, 0.25) is 0 Å². The molecular weight excluding hydrogens is 162 g/mol. The fourth-order valence-corrected chi connectivity index (χ4v) is 3.27. The molecule has 3 aliphatic rings. The van der Waals surface area contributed by atoms with E-state index < -0.39 is 0 Å². The Balaban J connectivity index is 2.05. The summed E-state index contributed by atoms with van der Waals surface area (Å²) < 4.78 is 0. The molecule has 0 radical (unpaired) electrons. The van der Waals surface area contributed by atoms with Crippen molar-refractivity contribution in [3.05, 3.63) is 11.3 Å². The normalized spacial score (nSPS) is 46.6. The van der Waals surface area contributed by atoms with Gasteiger partial charge in [0.1, 0.15) is 0 Å². The maximum Gasteiger partial charge on any atom is 0.0322 e. The highest BCUT2D eigenvalue weighted by atomic mass is 15.3. The second-order valence-corrected chi connectivity index (χ2v) is 4.50. The van der Waals surface area contributed by atoms with Crippen molar-refractivity contribution in [2.75, 3.05) is 0 Å². The Bertz CT molecular complexity index is 305. The Morgan fingerprint density at radius 2 is 2.38 bits per heavy atom. The van der Waals surface area contributed by atoms with Crippen LogP contribution >= 0.6 is 0 Å². The minimum atomic E-state index is 0.402. The summed E-state index contributed by atoms with van der Waals surface area (Å²) in [4.78, 5) is 0. The standard InChI is InChI=1S/C10H15N3/c1-5-10-7-2-6(3-9(7)11)8(10)4-12-13-5/h4,6-9,13H,2-3,11H2,1H3. The van der Waals surface area contributed by atoms with Crippen LogP contribution in [0.15, 0.2) is 16.4 Å². The van der Waals surface area contributed by atoms with Crippen molar-refractivity contribution in [2.24, 2.45) is 28.6 Å². The van der Waals surface area contributed by atoms with Crippen LogP contribution in [0.25, 0.3) is 0 Å². The van der Waals surface area contributed by atoms with Crippen molar-refractivity contribution >= 4 is 6.21 Å². The van der Waals surface area contributed by atoms with Crippen molar-refractivity contribution in [1.29, 1.82) is 0 Å². The molecule has 3 rings (SSSR count). The quantitative estimate of drug-likeness (QED) is 0.576. The lowest BCUT2D eigenvalue weighted by Crippen LogP contribution is -2.35. The number of hydrogen-bond acceptors (Lipinski definition) is 3. The molecule has 0 aromatic heterocycles. The van der Waals surface area contributed by atoms with Gasteiger partial charge in [0.15, 0.2) is 0 Å². The third-order valence-electron chi connectivity index (χ3n) is 3.82. The molecule has 13 heavy (non-hydrogen) atoms. The number of hydrogen-bond donors (Lipinski definition) is 2. The van der Waals surface area contributed by atoms with E-state index in [1.165, 1.54) is 18.5 Å². The van der Waals surface area contributed by atoms with Gasteiger partial charge in [-0.25, -0.2) is 0 Å². The van der Waals surface area contributed by atoms with Gasteiger partial charge in [-0.3, -0.25) is 5.43 Å². The van der Waals surface area contributed by atoms with E-state index in [4.69, 9.17) is 5.73 Å². The molecule has 1 aliphatic heterocycles. The summed E-state index contributed by atoms with van der Waals surface area (Å²) in [5, 5.41) is 4.17. The molecule has 1 heterocycles. The summed E-state index contributed by atoms with van der Waals surface area (Å²) in [5.41, 5.74) is 11.9. The predicted octanol–water partition coefficient (Wildman–Crippen LogP) is 0.833. The van der Waals surface area contributed by atoms with Gasteiger partial charge in [-0.1, -0.05) is 0 Å². The fraction of sp³-hybridized carbons (Fsp3) is 0.700. The maximum absolute atomic E-state index is 6.08. The molecule has 0 aromatic carbocycles. The molecule has 4 atom stereocenters. The van der Waals surface area contributed by atoms with E-state index in [2.05, 4.69) is 23.7 Å². The monoisotopic (exact) mass is 177 g/mol. The topological polar surface area (TPSA) is 50.4 Å². The van der Waals surface area contributed by atoms with Crippen LogP contribution in [0.1, 0.15) is 19.8 Å². The Hall–Kier alpha value is -0.830. The molecule has 2 saturated carbocycles. The molecule has 4 unspecified atom stereocenters. The number of allylic oxidation sites excluding steroid dienone is 1. The number of fused-ring (bicyclic) bond motifs is 5. The zero-order valence-corrected chi connectivity index (χ0v) is 7.83. The summed E-state index contributed by atoms with van der Waals surface area (Å²) in [6.45, 7) is 2.12. The van der Waals surface area contributed by atoms with E-state index >= 15 is 0 Å². The van der Waals surface area contributed by atoms with E-state index in [9.17, 15) is 0 Å². The van der Waals surface area contributed by atoms with Crippen molar-refractivity contribution in [2.45, 2.75) is 25.8 Å². The van der Waals surface area contributed by atoms with E-state index in [-0.39, 0.29) is 0 Å². The molecule has 3 heteroatoms. The minimum Gasteiger partial charge on any atom is -0.327 e. The second kappa shape index (κ2) is 2.35. The third kappa shape index (κ3) is 0.854. The van der Waals surface area contributed by atoms with Crippen LogP contribution in [0.4, 0.5) is 0 Å². The highest BCUT2D eigenvalue weighted by molar-refractivity contribution is 5.69. The Morgan fingerprint density at radius 3 is 3.23 bits per heavy atom. The number of rotatable bonds is 0. The lowest BCUT2D eigenvalue weighted by Gasteiger charge is -2.30. The smallest absolute Gasteiger partial charge is 0.0322 e. The van der Waals surface area contributed by atoms with Crippen molar-refractivity contribution in [1.82, 2.24) is 5.43 Å². The molecular formula is C10H15N3. The molecule has 0 aromatic rings. The van der Waals surface area contributed by atoms with Gasteiger partial charge in [-0.2, -0.15) is 5.10 Å². The van der Waals surface area contributed by atoms with Crippen LogP contribution in [0.2, 0.25) is 0 Å². The van der Waals surface area contributed by atoms with Crippen LogP contribution in [-0.4, -0.2) is 12.3 Å². The van der Waals surface area contributed by atoms with E-state index in [0.29, 0.717) is 17.9 Å². The summed E-state index contributed by atoms with van der Waals surface area (Å²) in [6.07, 6.45) is 4.54. The molecule has 0 amide bonds. The van der Waals surface area contributed by atoms with Crippen molar-refractivity contribution < 1.29 is 0 Å². The maximum atomic E-state index is 6.08. The van der Waals surface area contributed by atoms with Crippen molar-refractivity contribution in [3.8, 4) is 0 Å². The molecule has 2 aliphatic carbocycles. The van der Waals surface area contributed by atoms with Gasteiger partial charge in [0, 0.05) is 23.9 Å². The fourth-order valence-electron chi connectivity index (χ4n) is 3.27. The zero-order valence-electron chi connectivity index (χ0n) is 7.83. The molecule has 2 fully saturated rings. The largest absolute Gasteiger partial charge is 0.327 e. The molecule has 0 spiro atoms. The van der Waals surface area contributed by atoms with Gasteiger partial charge in [-0.15, -0.1) is 0 Å². The van der Waals surface area contributed by atoms with Gasteiger partial charge < -0.3 is 5.73 Å². The van der Waals surface area contributed by atoms with Crippen LogP contribution in [0.5, 0.6) is 0 Å². The molecule has 0 saturated heterocycles. The average Bonchev–Trinajstić information content (AvgIpc) is 2.62. The van der Waals surface area contributed by atoms with Gasteiger partial charge in [0.25, 0.3) is 0 Å². The summed E-state index contributed by atoms with van der Waals surface area (Å²) >= 11 is 0. The number of nitrogens with one attached hydrogen (secondary N) is 1. The lowest BCUT2D eigenvalue weighted by molar-refractivity contribution is 0.441. The molecule has 3 N–H and O–H groups in total. The van der Waals surface area contributed by atoms with Crippen LogP contribution in [-0.2, 0) is 0 Å². The first-order valence-electron chi connectivity index (χ1n) is 5.03. The zero-order chi connectivity index (χ0) is 9.00. The summed E-state index contributed by atoms with van der Waals surface area (Å²) in [5.74, 6) is 2.01. The number of hydrazone groups is 1. The van der Waals surface area contributed by atoms with Crippen LogP contribution in [0, 0.1) is 17.8 Å². The van der Waals surface area contributed by atoms with Gasteiger partial charge in [0.05, 0.1) is 0 Å². The van der Waals surface area contributed by atoms with Gasteiger partial charge in [-0.05, 0) is 37.2 Å². The predicted molar refractivity (Wildman–Crippen MR) is 52.0 cm³/mol. The Morgan fingerprint density at radius 1 is 1.54 bits per heavy atom. The lowest BCUT2D eigenvalue weighted by atomic mass is 9.81. The van der Waals surface area contributed by atoms with E-state index in [1.54, 1.807) is 5.57 Å². The average molecular weight is 177 g/mol. The Kier molecular flexibility index (Phi) is 1.37. The van der Waals surface area contributed by atoms with E-state index in [1.807, 2.05) is 0 Å². The molecule has 2 bridgehead atoms. The SMILES string of the molecule is CC1=C2C(C=NN1)C1CC(N)C2C1. The van der Waals surface area contributed by atoms with E-state index in [0.717, 1.165) is 5.92 Å². The Labute approximate surface area is 78.1 Å². The number of nitrogens with zero attached hydrogens (tertiary/aromatic N) is 1. The first-order chi connectivity index (χ1) is 6.27. The van der Waals surface area contributed by atoms with Crippen LogP contribution < -0.4 is 11.2 Å². The summed E-state index contributed by atoms with van der Waals surface area (Å²) in [6, 6.07) is 0.402. The van der Waals surface area contributed by atoms with Crippen molar-refractivity contribution in [3.63, 3.8) is 0 Å². The minimum absolute atomic E-state index is 0.402. The second-order valence-electron chi connectivity index (χ2n) is 4.50. The first-order valence-corrected chi connectivity index (χ1v) is 5.03. The number of nitrogens with two attached hydrogens (primary N) is 1. The summed E-state index contributed by atoms with van der Waals surface area (Å²) in [7, 11) is 0. The first kappa shape index (κ1) is 7.56. The molecule has 70 valence electrons. The highest BCUT2D eigenvalue weighted by Gasteiger charge is 2.48. The highest BCUT2D eigenvalue weighted by Crippen LogP contribution is 2.52. The molecule has 3 nitrogen and oxygen atoms in total. The van der Waals surface area contributed by atoms with Gasteiger partial charge >= 0.3 is 0 Å². The van der Waals surface area contributed by atoms with Crippen LogP contribution in [0.3, 0.4) is 0 Å².